The molecule has 5 heteroatoms. The molecule has 0 aromatic heterocycles. The monoisotopic (exact) mass is 437 g/mol. The van der Waals surface area contributed by atoms with Gasteiger partial charge in [-0.2, -0.15) is 0 Å². The van der Waals surface area contributed by atoms with Gasteiger partial charge in [-0.1, -0.05) is 48.9 Å². The van der Waals surface area contributed by atoms with Crippen molar-refractivity contribution in [3.8, 4) is 16.9 Å². The van der Waals surface area contributed by atoms with Crippen molar-refractivity contribution in [1.82, 2.24) is 0 Å². The summed E-state index contributed by atoms with van der Waals surface area (Å²) in [7, 11) is 0. The minimum atomic E-state index is -0.676. The third-order valence-corrected chi connectivity index (χ3v) is 6.65. The van der Waals surface area contributed by atoms with Crippen molar-refractivity contribution >= 4 is 23.4 Å². The second kappa shape index (κ2) is 7.10. The Labute approximate surface area is 185 Å². The highest BCUT2D eigenvalue weighted by atomic mass is 35.5. The Balaban J connectivity index is 1.70. The molecule has 2 aliphatic heterocycles. The number of hydrogen-bond acceptors (Lipinski definition) is 2. The molecular weight excluding hydrogens is 416 g/mol. The molecule has 1 unspecified atom stereocenters. The number of halogens is 3. The fourth-order valence-corrected chi connectivity index (χ4v) is 5.09. The Morgan fingerprint density at radius 1 is 1.10 bits per heavy atom. The lowest BCUT2D eigenvalue weighted by Crippen LogP contribution is -2.40. The first kappa shape index (κ1) is 20.1. The number of hydrogen-bond donors (Lipinski definition) is 1. The van der Waals surface area contributed by atoms with Crippen molar-refractivity contribution in [3.05, 3.63) is 87.5 Å². The zero-order valence-corrected chi connectivity index (χ0v) is 18.3. The smallest absolute Gasteiger partial charge is 0.168 e. The van der Waals surface area contributed by atoms with Gasteiger partial charge in [0.1, 0.15) is 12.4 Å². The van der Waals surface area contributed by atoms with Gasteiger partial charge in [0.05, 0.1) is 5.54 Å². The topological polar surface area (TPSA) is 21.3 Å². The maximum Gasteiger partial charge on any atom is 0.168 e. The predicted molar refractivity (Wildman–Crippen MR) is 122 cm³/mol. The summed E-state index contributed by atoms with van der Waals surface area (Å²) in [6, 6.07) is 13.9. The molecule has 2 heterocycles. The van der Waals surface area contributed by atoms with E-state index in [4.69, 9.17) is 16.3 Å². The highest BCUT2D eigenvalue weighted by Crippen LogP contribution is 2.50. The van der Waals surface area contributed by atoms with Crippen LogP contribution >= 0.6 is 11.6 Å². The lowest BCUT2D eigenvalue weighted by atomic mass is 9.73. The van der Waals surface area contributed by atoms with Crippen LogP contribution in [0.4, 0.5) is 14.5 Å². The molecule has 0 amide bonds. The molecule has 1 N–H and O–H groups in total. The minimum absolute atomic E-state index is 0.0565. The molecule has 0 saturated heterocycles. The zero-order valence-electron chi connectivity index (χ0n) is 17.5. The summed E-state index contributed by atoms with van der Waals surface area (Å²) in [6.07, 6.45) is 2.14. The van der Waals surface area contributed by atoms with Gasteiger partial charge in [0, 0.05) is 33.8 Å². The van der Waals surface area contributed by atoms with Crippen LogP contribution < -0.4 is 10.1 Å². The van der Waals surface area contributed by atoms with Gasteiger partial charge in [-0.3, -0.25) is 0 Å². The number of ether oxygens (including phenoxy) is 1. The third-order valence-electron chi connectivity index (χ3n) is 6.30. The van der Waals surface area contributed by atoms with E-state index in [0.29, 0.717) is 10.6 Å². The molecule has 3 aromatic rings. The Hall–Kier alpha value is -2.85. The van der Waals surface area contributed by atoms with Crippen LogP contribution in [0.1, 0.15) is 43.4 Å². The fraction of sp³-hybridized carbons (Fsp3) is 0.231. The van der Waals surface area contributed by atoms with Crippen LogP contribution in [0.3, 0.4) is 0 Å². The van der Waals surface area contributed by atoms with Crippen molar-refractivity contribution in [2.45, 2.75) is 38.8 Å². The van der Waals surface area contributed by atoms with Gasteiger partial charge in [0.15, 0.2) is 11.6 Å². The summed E-state index contributed by atoms with van der Waals surface area (Å²) < 4.78 is 34.0. The van der Waals surface area contributed by atoms with E-state index in [1.54, 1.807) is 0 Å². The van der Waals surface area contributed by atoms with E-state index < -0.39 is 11.6 Å². The first-order valence-electron chi connectivity index (χ1n) is 10.3. The van der Waals surface area contributed by atoms with Crippen molar-refractivity contribution < 1.29 is 13.5 Å². The van der Waals surface area contributed by atoms with E-state index >= 15 is 0 Å². The Bertz CT molecular complexity index is 1250. The highest BCUT2D eigenvalue weighted by Gasteiger charge is 2.37. The standard InChI is InChI=1S/C26H22ClF2NO/c1-14-20(10-15-6-4-5-7-21(15)27)26(2,3)30-23-9-8-17-18-11-16(28)12-22(29)25(18)31-13-19(17)24(14)23/h4-12,14,30H,13H2,1-3H3. The molecule has 0 aliphatic carbocycles. The first-order valence-corrected chi connectivity index (χ1v) is 10.7. The zero-order chi connectivity index (χ0) is 21.9. The molecule has 2 nitrogen and oxygen atoms in total. The third kappa shape index (κ3) is 3.21. The first-order chi connectivity index (χ1) is 14.8. The molecule has 1 atom stereocenters. The Kier molecular flexibility index (Phi) is 4.60. The summed E-state index contributed by atoms with van der Waals surface area (Å²) in [5, 5.41) is 4.33. The van der Waals surface area contributed by atoms with Crippen molar-refractivity contribution in [3.63, 3.8) is 0 Å². The van der Waals surface area contributed by atoms with E-state index in [1.165, 1.54) is 11.6 Å². The maximum atomic E-state index is 14.3. The predicted octanol–water partition coefficient (Wildman–Crippen LogP) is 7.57. The van der Waals surface area contributed by atoms with E-state index in [-0.39, 0.29) is 23.8 Å². The van der Waals surface area contributed by atoms with Crippen molar-refractivity contribution in [1.29, 1.82) is 0 Å². The largest absolute Gasteiger partial charge is 0.485 e. The number of rotatable bonds is 1. The number of nitrogens with one attached hydrogen (secondary N) is 1. The quantitative estimate of drug-likeness (QED) is 0.424. The van der Waals surface area contributed by atoms with E-state index in [1.807, 2.05) is 36.4 Å². The summed E-state index contributed by atoms with van der Waals surface area (Å²) in [4.78, 5) is 0. The lowest BCUT2D eigenvalue weighted by molar-refractivity contribution is 0.284. The molecule has 0 fully saturated rings. The molecule has 5 rings (SSSR count). The van der Waals surface area contributed by atoms with Gasteiger partial charge in [0.25, 0.3) is 0 Å². The van der Waals surface area contributed by atoms with Crippen molar-refractivity contribution in [2.75, 3.05) is 5.32 Å². The summed E-state index contributed by atoms with van der Waals surface area (Å²) in [5.74, 6) is -1.12. The number of benzene rings is 3. The molecule has 2 aliphatic rings. The summed E-state index contributed by atoms with van der Waals surface area (Å²) >= 11 is 6.43. The van der Waals surface area contributed by atoms with E-state index in [0.717, 1.165) is 34.0 Å². The Morgan fingerprint density at radius 2 is 1.87 bits per heavy atom. The fourth-order valence-electron chi connectivity index (χ4n) is 4.90. The van der Waals surface area contributed by atoms with Crippen LogP contribution in [0.2, 0.25) is 5.02 Å². The molecule has 31 heavy (non-hydrogen) atoms. The average Bonchev–Trinajstić information content (AvgIpc) is 2.71. The second-order valence-corrected chi connectivity index (χ2v) is 9.11. The maximum absolute atomic E-state index is 14.3. The molecule has 158 valence electrons. The number of anilines is 1. The van der Waals surface area contributed by atoms with Crippen molar-refractivity contribution in [2.24, 2.45) is 0 Å². The van der Waals surface area contributed by atoms with Crippen LogP contribution in [0.5, 0.6) is 5.75 Å². The van der Waals surface area contributed by atoms with Gasteiger partial charge in [-0.05, 0) is 54.3 Å². The molecule has 0 bridgehead atoms. The molecule has 0 radical (unpaired) electrons. The minimum Gasteiger partial charge on any atom is -0.485 e. The van der Waals surface area contributed by atoms with Gasteiger partial charge < -0.3 is 10.1 Å². The normalized spacial score (nSPS) is 19.7. The SMILES string of the molecule is CC1C(=Cc2ccccc2Cl)C(C)(C)Nc2ccc3c(c21)COc1c(F)cc(F)cc1-3. The second-order valence-electron chi connectivity index (χ2n) is 8.70. The van der Waals surface area contributed by atoms with Crippen LogP contribution in [-0.2, 0) is 6.61 Å². The Morgan fingerprint density at radius 3 is 2.65 bits per heavy atom. The number of fused-ring (bicyclic) bond motifs is 5. The molecule has 0 spiro atoms. The van der Waals surface area contributed by atoms with E-state index in [2.05, 4.69) is 32.2 Å². The molecule has 0 saturated carbocycles. The van der Waals surface area contributed by atoms with Gasteiger partial charge in [0.2, 0.25) is 0 Å². The van der Waals surface area contributed by atoms with Gasteiger partial charge in [-0.25, -0.2) is 8.78 Å². The highest BCUT2D eigenvalue weighted by molar-refractivity contribution is 6.32. The molecule has 3 aromatic carbocycles. The molecular formula is C26H22ClF2NO. The van der Waals surface area contributed by atoms with Crippen LogP contribution in [0.25, 0.3) is 17.2 Å². The van der Waals surface area contributed by atoms with Gasteiger partial charge >= 0.3 is 0 Å². The summed E-state index contributed by atoms with van der Waals surface area (Å²) in [5.41, 5.74) is 6.15. The van der Waals surface area contributed by atoms with Crippen LogP contribution in [-0.4, -0.2) is 5.54 Å². The van der Waals surface area contributed by atoms with Gasteiger partial charge in [-0.15, -0.1) is 0 Å². The summed E-state index contributed by atoms with van der Waals surface area (Å²) in [6.45, 7) is 6.68. The lowest BCUT2D eigenvalue weighted by Gasteiger charge is -2.42. The van der Waals surface area contributed by atoms with Crippen LogP contribution in [0.15, 0.2) is 54.1 Å². The average molecular weight is 438 g/mol. The van der Waals surface area contributed by atoms with E-state index in [9.17, 15) is 8.78 Å². The van der Waals surface area contributed by atoms with Crippen LogP contribution in [0, 0.1) is 11.6 Å².